The average molecular weight is 344 g/mol. The first-order valence-electron chi connectivity index (χ1n) is 8.76. The Hall–Kier alpha value is -3.26. The van der Waals surface area contributed by atoms with E-state index in [1.807, 2.05) is 48.0 Å². The zero-order valence-corrected chi connectivity index (χ0v) is 14.7. The van der Waals surface area contributed by atoms with Gasteiger partial charge in [0.1, 0.15) is 17.4 Å². The van der Waals surface area contributed by atoms with E-state index < -0.39 is 0 Å². The fourth-order valence-electron chi connectivity index (χ4n) is 3.65. The first-order chi connectivity index (χ1) is 12.7. The molecule has 0 radical (unpaired) electrons. The number of para-hydroxylation sites is 3. The second-order valence-electron chi connectivity index (χ2n) is 6.57. The molecule has 2 heterocycles. The second kappa shape index (κ2) is 6.57. The maximum Gasteiger partial charge on any atom is 0.155 e. The molecule has 1 aliphatic heterocycles. The van der Waals surface area contributed by atoms with Crippen LogP contribution in [0, 0.1) is 11.3 Å². The van der Waals surface area contributed by atoms with Crippen LogP contribution in [0.25, 0.3) is 16.6 Å². The molecule has 0 fully saturated rings. The average Bonchev–Trinajstić information content (AvgIpc) is 3.00. The van der Waals surface area contributed by atoms with Crippen LogP contribution in [0.1, 0.15) is 17.8 Å². The minimum atomic E-state index is 0.0580. The number of benzene rings is 2. The number of anilines is 1. The van der Waals surface area contributed by atoms with Gasteiger partial charge in [-0.3, -0.25) is 0 Å². The Kier molecular flexibility index (Phi) is 4.10. The van der Waals surface area contributed by atoms with E-state index in [1.54, 1.807) is 0 Å². The molecule has 0 aliphatic carbocycles. The molecule has 4 rings (SSSR count). The van der Waals surface area contributed by atoms with Gasteiger partial charge in [0.05, 0.1) is 17.6 Å². The molecular formula is C21H20N4O. The van der Waals surface area contributed by atoms with Crippen molar-refractivity contribution in [3.63, 3.8) is 0 Å². The van der Waals surface area contributed by atoms with Gasteiger partial charge >= 0.3 is 0 Å². The SMILES string of the molecule is Cn1c(/C(C#N)=C(\O)CN2CCCc3ccccc32)nc2ccccc21. The van der Waals surface area contributed by atoms with Crippen LogP contribution in [0.4, 0.5) is 5.69 Å². The van der Waals surface area contributed by atoms with Crippen molar-refractivity contribution in [2.45, 2.75) is 12.8 Å². The van der Waals surface area contributed by atoms with Gasteiger partial charge in [-0.2, -0.15) is 5.26 Å². The third-order valence-electron chi connectivity index (χ3n) is 4.96. The number of hydrogen-bond acceptors (Lipinski definition) is 4. The number of imidazole rings is 1. The van der Waals surface area contributed by atoms with Crippen molar-refractivity contribution in [1.29, 1.82) is 5.26 Å². The molecule has 1 aliphatic rings. The number of nitriles is 1. The highest BCUT2D eigenvalue weighted by molar-refractivity contribution is 5.84. The normalized spacial score (nSPS) is 14.7. The number of nitrogens with zero attached hydrogens (tertiary/aromatic N) is 4. The maximum absolute atomic E-state index is 10.8. The Morgan fingerprint density at radius 1 is 1.19 bits per heavy atom. The van der Waals surface area contributed by atoms with E-state index in [-0.39, 0.29) is 11.3 Å². The lowest BCUT2D eigenvalue weighted by molar-refractivity contribution is 0.400. The molecule has 0 bridgehead atoms. The summed E-state index contributed by atoms with van der Waals surface area (Å²) in [6.45, 7) is 1.17. The molecule has 0 unspecified atom stereocenters. The maximum atomic E-state index is 10.8. The summed E-state index contributed by atoms with van der Waals surface area (Å²) in [4.78, 5) is 6.68. The molecule has 0 amide bonds. The number of rotatable bonds is 3. The zero-order chi connectivity index (χ0) is 18.1. The van der Waals surface area contributed by atoms with Gasteiger partial charge in [-0.1, -0.05) is 30.3 Å². The molecule has 2 aromatic carbocycles. The molecule has 0 spiro atoms. The first kappa shape index (κ1) is 16.2. The van der Waals surface area contributed by atoms with Crippen molar-refractivity contribution < 1.29 is 5.11 Å². The van der Waals surface area contributed by atoms with Crippen LogP contribution < -0.4 is 4.90 Å². The molecule has 26 heavy (non-hydrogen) atoms. The Balaban J connectivity index is 1.72. The molecule has 0 saturated heterocycles. The molecule has 130 valence electrons. The molecule has 1 N–H and O–H groups in total. The molecule has 0 atom stereocenters. The van der Waals surface area contributed by atoms with Crippen molar-refractivity contribution in [1.82, 2.24) is 9.55 Å². The third kappa shape index (κ3) is 2.70. The molecular weight excluding hydrogens is 324 g/mol. The zero-order valence-electron chi connectivity index (χ0n) is 14.7. The predicted octanol–water partition coefficient (Wildman–Crippen LogP) is 3.82. The summed E-state index contributed by atoms with van der Waals surface area (Å²) in [5.74, 6) is 0.555. The Morgan fingerprint density at radius 3 is 2.77 bits per heavy atom. The molecule has 3 aromatic rings. The standard InChI is InChI=1S/C21H20N4O/c1-24-19-11-5-3-9-17(19)23-21(24)16(13-22)20(26)14-25-12-6-8-15-7-2-4-10-18(15)25/h2-5,7,9-11,26H,6,8,12,14H2,1H3/b20-16-. The summed E-state index contributed by atoms with van der Waals surface area (Å²) in [5.41, 5.74) is 4.40. The Morgan fingerprint density at radius 2 is 1.96 bits per heavy atom. The molecule has 5 heteroatoms. The topological polar surface area (TPSA) is 65.1 Å². The van der Waals surface area contributed by atoms with Gasteiger partial charge in [-0.25, -0.2) is 4.98 Å². The van der Waals surface area contributed by atoms with Crippen molar-refractivity contribution in [2.75, 3.05) is 18.0 Å². The third-order valence-corrected chi connectivity index (χ3v) is 4.96. The van der Waals surface area contributed by atoms with Crippen LogP contribution in [0.5, 0.6) is 0 Å². The summed E-state index contributed by atoms with van der Waals surface area (Å²) in [5, 5.41) is 20.4. The summed E-state index contributed by atoms with van der Waals surface area (Å²) in [6.07, 6.45) is 2.09. The van der Waals surface area contributed by atoms with Crippen molar-refractivity contribution >= 4 is 22.3 Å². The fraction of sp³-hybridized carbons (Fsp3) is 0.238. The number of allylic oxidation sites excluding steroid dienone is 1. The highest BCUT2D eigenvalue weighted by Crippen LogP contribution is 2.28. The second-order valence-corrected chi connectivity index (χ2v) is 6.57. The summed E-state index contributed by atoms with van der Waals surface area (Å²) in [7, 11) is 1.87. The molecule has 5 nitrogen and oxygen atoms in total. The van der Waals surface area contributed by atoms with E-state index >= 15 is 0 Å². The number of hydrogen-bond donors (Lipinski definition) is 1. The van der Waals surface area contributed by atoms with Gasteiger partial charge < -0.3 is 14.6 Å². The summed E-state index contributed by atoms with van der Waals surface area (Å²) in [6, 6.07) is 18.1. The van der Waals surface area contributed by atoms with Gasteiger partial charge in [0.2, 0.25) is 0 Å². The number of fused-ring (bicyclic) bond motifs is 2. The van der Waals surface area contributed by atoms with Gasteiger partial charge in [0.25, 0.3) is 0 Å². The monoisotopic (exact) mass is 344 g/mol. The fourth-order valence-corrected chi connectivity index (χ4v) is 3.65. The summed E-state index contributed by atoms with van der Waals surface area (Å²) >= 11 is 0. The number of aliphatic hydroxyl groups is 1. The lowest BCUT2D eigenvalue weighted by Crippen LogP contribution is -2.31. The van der Waals surface area contributed by atoms with Gasteiger partial charge in [-0.05, 0) is 36.6 Å². The first-order valence-corrected chi connectivity index (χ1v) is 8.76. The summed E-state index contributed by atoms with van der Waals surface area (Å²) < 4.78 is 1.86. The number of aromatic nitrogens is 2. The Bertz CT molecular complexity index is 1040. The number of aliphatic hydroxyl groups excluding tert-OH is 1. The van der Waals surface area contributed by atoms with Crippen molar-refractivity contribution in [3.8, 4) is 6.07 Å². The van der Waals surface area contributed by atoms with E-state index in [0.717, 1.165) is 36.1 Å². The van der Waals surface area contributed by atoms with E-state index in [4.69, 9.17) is 0 Å². The van der Waals surface area contributed by atoms with Crippen molar-refractivity contribution in [3.05, 3.63) is 65.7 Å². The van der Waals surface area contributed by atoms with Crippen LogP contribution in [-0.4, -0.2) is 27.7 Å². The smallest absolute Gasteiger partial charge is 0.155 e. The lowest BCUT2D eigenvalue weighted by Gasteiger charge is -2.31. The molecule has 0 saturated carbocycles. The molecule has 1 aromatic heterocycles. The minimum Gasteiger partial charge on any atom is -0.509 e. The van der Waals surface area contributed by atoms with Gasteiger partial charge in [0, 0.05) is 19.3 Å². The lowest BCUT2D eigenvalue weighted by atomic mass is 10.0. The van der Waals surface area contributed by atoms with Gasteiger partial charge in [0.15, 0.2) is 5.82 Å². The van der Waals surface area contributed by atoms with Gasteiger partial charge in [-0.15, -0.1) is 0 Å². The Labute approximate surface area is 152 Å². The van der Waals surface area contributed by atoms with Crippen LogP contribution in [-0.2, 0) is 13.5 Å². The quantitative estimate of drug-likeness (QED) is 0.579. The van der Waals surface area contributed by atoms with Crippen molar-refractivity contribution in [2.24, 2.45) is 7.05 Å². The largest absolute Gasteiger partial charge is 0.509 e. The van der Waals surface area contributed by atoms with E-state index in [0.29, 0.717) is 12.4 Å². The van der Waals surface area contributed by atoms with E-state index in [9.17, 15) is 10.4 Å². The van der Waals surface area contributed by atoms with Crippen LogP contribution >= 0.6 is 0 Å². The highest BCUT2D eigenvalue weighted by atomic mass is 16.3. The highest BCUT2D eigenvalue weighted by Gasteiger charge is 2.21. The van der Waals surface area contributed by atoms with E-state index in [1.165, 1.54) is 5.56 Å². The minimum absolute atomic E-state index is 0.0580. The van der Waals surface area contributed by atoms with E-state index in [2.05, 4.69) is 28.1 Å². The van der Waals surface area contributed by atoms with Crippen LogP contribution in [0.15, 0.2) is 54.3 Å². The number of aryl methyl sites for hydroxylation is 2. The predicted molar refractivity (Wildman–Crippen MR) is 103 cm³/mol. The van der Waals surface area contributed by atoms with Crippen LogP contribution in [0.2, 0.25) is 0 Å². The van der Waals surface area contributed by atoms with Crippen LogP contribution in [0.3, 0.4) is 0 Å².